The maximum Gasteiger partial charge on any atom is 0.165 e. The third-order valence-corrected chi connectivity index (χ3v) is 2.93. The predicted molar refractivity (Wildman–Crippen MR) is 57.1 cm³/mol. The first-order valence-corrected chi connectivity index (χ1v) is 5.41. The van der Waals surface area contributed by atoms with Crippen LogP contribution < -0.4 is 10.5 Å². The highest BCUT2D eigenvalue weighted by Crippen LogP contribution is 2.27. The van der Waals surface area contributed by atoms with Gasteiger partial charge in [-0.25, -0.2) is 4.39 Å². The van der Waals surface area contributed by atoms with Crippen LogP contribution in [0.25, 0.3) is 0 Å². The Hall–Kier alpha value is -1.09. The molecule has 0 amide bonds. The molecule has 1 aliphatic carbocycles. The Bertz CT molecular complexity index is 336. The molecule has 2 nitrogen and oxygen atoms in total. The largest absolute Gasteiger partial charge is 0.490 e. The molecule has 0 unspecified atom stereocenters. The van der Waals surface area contributed by atoms with E-state index in [0.717, 1.165) is 5.56 Å². The van der Waals surface area contributed by atoms with Crippen LogP contribution >= 0.6 is 0 Å². The van der Waals surface area contributed by atoms with E-state index in [2.05, 4.69) is 0 Å². The molecule has 0 aromatic heterocycles. The van der Waals surface area contributed by atoms with Crippen molar-refractivity contribution in [1.29, 1.82) is 0 Å². The summed E-state index contributed by atoms with van der Waals surface area (Å²) in [5.41, 5.74) is 6.21. The Labute approximate surface area is 89.2 Å². The van der Waals surface area contributed by atoms with Crippen molar-refractivity contribution in [3.05, 3.63) is 29.6 Å². The van der Waals surface area contributed by atoms with Crippen molar-refractivity contribution in [3.63, 3.8) is 0 Å². The Morgan fingerprint density at radius 3 is 2.73 bits per heavy atom. The highest BCUT2D eigenvalue weighted by atomic mass is 19.1. The number of hydrogen-bond donors (Lipinski definition) is 1. The van der Waals surface area contributed by atoms with E-state index in [1.807, 2.05) is 0 Å². The van der Waals surface area contributed by atoms with Gasteiger partial charge in [-0.15, -0.1) is 0 Å². The van der Waals surface area contributed by atoms with Gasteiger partial charge in [0.05, 0.1) is 6.61 Å². The molecule has 0 atom stereocenters. The first-order chi connectivity index (χ1) is 7.29. The van der Waals surface area contributed by atoms with E-state index in [4.69, 9.17) is 10.5 Å². The van der Waals surface area contributed by atoms with Crippen LogP contribution in [0.3, 0.4) is 0 Å². The Kier molecular flexibility index (Phi) is 3.21. The molecule has 0 bridgehead atoms. The van der Waals surface area contributed by atoms with Gasteiger partial charge in [-0.2, -0.15) is 0 Å². The van der Waals surface area contributed by atoms with Gasteiger partial charge in [0.15, 0.2) is 11.6 Å². The number of nitrogens with two attached hydrogens (primary N) is 1. The monoisotopic (exact) mass is 209 g/mol. The van der Waals surface area contributed by atoms with E-state index < -0.39 is 0 Å². The van der Waals surface area contributed by atoms with Crippen LogP contribution in [0.4, 0.5) is 4.39 Å². The van der Waals surface area contributed by atoms with E-state index in [0.29, 0.717) is 24.8 Å². The first-order valence-electron chi connectivity index (χ1n) is 5.41. The second-order valence-electron chi connectivity index (χ2n) is 4.08. The molecular formula is C12H16FNO. The highest BCUT2D eigenvalue weighted by molar-refractivity contribution is 5.29. The van der Waals surface area contributed by atoms with E-state index in [1.165, 1.54) is 25.3 Å². The van der Waals surface area contributed by atoms with Gasteiger partial charge in [-0.1, -0.05) is 12.5 Å². The normalized spacial score (nSPS) is 16.1. The highest BCUT2D eigenvalue weighted by Gasteiger charge is 2.18. The summed E-state index contributed by atoms with van der Waals surface area (Å²) < 4.78 is 18.9. The fourth-order valence-electron chi connectivity index (χ4n) is 1.66. The minimum absolute atomic E-state index is 0.308. The molecule has 0 heterocycles. The Balaban J connectivity index is 1.95. The van der Waals surface area contributed by atoms with Crippen molar-refractivity contribution in [2.75, 3.05) is 6.61 Å². The number of rotatable bonds is 4. The van der Waals surface area contributed by atoms with Crippen molar-refractivity contribution in [3.8, 4) is 5.75 Å². The van der Waals surface area contributed by atoms with Crippen molar-refractivity contribution in [2.24, 2.45) is 11.7 Å². The smallest absolute Gasteiger partial charge is 0.165 e. The Morgan fingerprint density at radius 2 is 2.20 bits per heavy atom. The summed E-state index contributed by atoms with van der Waals surface area (Å²) in [7, 11) is 0. The average molecular weight is 209 g/mol. The summed E-state index contributed by atoms with van der Waals surface area (Å²) in [6.45, 7) is 0.999. The molecule has 1 fully saturated rings. The van der Waals surface area contributed by atoms with Crippen LogP contribution in [-0.4, -0.2) is 6.61 Å². The fourth-order valence-corrected chi connectivity index (χ4v) is 1.66. The van der Waals surface area contributed by atoms with Gasteiger partial charge in [0.2, 0.25) is 0 Å². The van der Waals surface area contributed by atoms with Crippen LogP contribution in [0.15, 0.2) is 18.2 Å². The minimum Gasteiger partial charge on any atom is -0.490 e. The van der Waals surface area contributed by atoms with E-state index in [9.17, 15) is 4.39 Å². The summed E-state index contributed by atoms with van der Waals surface area (Å²) in [6, 6.07) is 4.91. The second kappa shape index (κ2) is 4.62. The number of halogens is 1. The molecule has 1 saturated carbocycles. The summed E-state index contributed by atoms with van der Waals surface area (Å²) >= 11 is 0. The third-order valence-electron chi connectivity index (χ3n) is 2.93. The maximum absolute atomic E-state index is 13.4. The lowest BCUT2D eigenvalue weighted by atomic mass is 9.86. The standard InChI is InChI=1S/C12H16FNO/c13-11-6-10(7-14)4-5-12(11)15-8-9-2-1-3-9/h4-6,9H,1-3,7-8,14H2. The lowest BCUT2D eigenvalue weighted by molar-refractivity contribution is 0.175. The third kappa shape index (κ3) is 2.48. The summed E-state index contributed by atoms with van der Waals surface area (Å²) in [5.74, 6) is 0.662. The zero-order chi connectivity index (χ0) is 10.7. The Morgan fingerprint density at radius 1 is 1.40 bits per heavy atom. The summed E-state index contributed by atoms with van der Waals surface area (Å²) in [4.78, 5) is 0. The van der Waals surface area contributed by atoms with E-state index in [-0.39, 0.29) is 5.82 Å². The molecule has 2 rings (SSSR count). The molecule has 0 spiro atoms. The molecule has 0 radical (unpaired) electrons. The van der Waals surface area contributed by atoms with Crippen molar-refractivity contribution in [2.45, 2.75) is 25.8 Å². The first kappa shape index (κ1) is 10.4. The quantitative estimate of drug-likeness (QED) is 0.826. The molecule has 0 saturated heterocycles. The molecule has 82 valence electrons. The zero-order valence-corrected chi connectivity index (χ0v) is 8.71. The lowest BCUT2D eigenvalue weighted by Gasteiger charge is -2.25. The SMILES string of the molecule is NCc1ccc(OCC2CCC2)c(F)c1. The van der Waals surface area contributed by atoms with E-state index in [1.54, 1.807) is 12.1 Å². The van der Waals surface area contributed by atoms with Crippen molar-refractivity contribution < 1.29 is 9.13 Å². The van der Waals surface area contributed by atoms with Gasteiger partial charge >= 0.3 is 0 Å². The second-order valence-corrected chi connectivity index (χ2v) is 4.08. The van der Waals surface area contributed by atoms with Crippen LogP contribution in [0, 0.1) is 11.7 Å². The molecule has 1 aromatic rings. The maximum atomic E-state index is 13.4. The van der Waals surface area contributed by atoms with Gasteiger partial charge in [-0.3, -0.25) is 0 Å². The number of hydrogen-bond acceptors (Lipinski definition) is 2. The van der Waals surface area contributed by atoms with Crippen LogP contribution in [0.1, 0.15) is 24.8 Å². The number of benzene rings is 1. The molecule has 15 heavy (non-hydrogen) atoms. The molecule has 1 aromatic carbocycles. The number of ether oxygens (including phenoxy) is 1. The van der Waals surface area contributed by atoms with Crippen LogP contribution in [0.2, 0.25) is 0 Å². The molecule has 3 heteroatoms. The average Bonchev–Trinajstić information content (AvgIpc) is 2.18. The molecule has 2 N–H and O–H groups in total. The zero-order valence-electron chi connectivity index (χ0n) is 8.71. The van der Waals surface area contributed by atoms with Gasteiger partial charge in [0.1, 0.15) is 0 Å². The summed E-state index contributed by atoms with van der Waals surface area (Å²) in [6.07, 6.45) is 3.70. The molecule has 0 aliphatic heterocycles. The minimum atomic E-state index is -0.308. The molecular weight excluding hydrogens is 193 g/mol. The van der Waals surface area contributed by atoms with Crippen LogP contribution in [-0.2, 0) is 6.54 Å². The van der Waals surface area contributed by atoms with Gasteiger partial charge in [0.25, 0.3) is 0 Å². The summed E-state index contributed by atoms with van der Waals surface area (Å²) in [5, 5.41) is 0. The lowest BCUT2D eigenvalue weighted by Crippen LogP contribution is -2.19. The van der Waals surface area contributed by atoms with Gasteiger partial charge < -0.3 is 10.5 Å². The van der Waals surface area contributed by atoms with Crippen molar-refractivity contribution >= 4 is 0 Å². The van der Waals surface area contributed by atoms with Crippen molar-refractivity contribution in [1.82, 2.24) is 0 Å². The van der Waals surface area contributed by atoms with Crippen LogP contribution in [0.5, 0.6) is 5.75 Å². The topological polar surface area (TPSA) is 35.2 Å². The molecule has 1 aliphatic rings. The van der Waals surface area contributed by atoms with Gasteiger partial charge in [0, 0.05) is 6.54 Å². The predicted octanol–water partition coefficient (Wildman–Crippen LogP) is 2.46. The van der Waals surface area contributed by atoms with Gasteiger partial charge in [-0.05, 0) is 36.5 Å². The van der Waals surface area contributed by atoms with E-state index >= 15 is 0 Å². The fraction of sp³-hybridized carbons (Fsp3) is 0.500.